The molecule has 0 aliphatic rings. The van der Waals surface area contributed by atoms with Crippen LogP contribution in [0.4, 0.5) is 17.1 Å². The molecule has 0 bridgehead atoms. The van der Waals surface area contributed by atoms with Crippen molar-refractivity contribution in [2.24, 2.45) is 0 Å². The van der Waals surface area contributed by atoms with E-state index in [2.05, 4.69) is 132 Å². The fourth-order valence-corrected chi connectivity index (χ4v) is 5.24. The Morgan fingerprint density at radius 1 is 0.472 bits per heavy atom. The fraction of sp³-hybridized carbons (Fsp3) is 0. The quantitative estimate of drug-likeness (QED) is 0.259. The lowest BCUT2D eigenvalue weighted by atomic mass is 9.96. The molecular weight excluding hydrogens is 438 g/mol. The van der Waals surface area contributed by atoms with Gasteiger partial charge < -0.3 is 9.32 Å². The molecule has 0 fully saturated rings. The normalized spacial score (nSPS) is 11.3. The minimum absolute atomic E-state index is 0.885. The molecule has 2 nitrogen and oxygen atoms in total. The van der Waals surface area contributed by atoms with Crippen LogP contribution in [0.25, 0.3) is 43.8 Å². The van der Waals surface area contributed by atoms with Crippen LogP contribution < -0.4 is 4.90 Å². The lowest BCUT2D eigenvalue weighted by molar-refractivity contribution is 0.669. The van der Waals surface area contributed by atoms with Gasteiger partial charge in [0.2, 0.25) is 0 Å². The molecule has 0 radical (unpaired) electrons. The van der Waals surface area contributed by atoms with Crippen LogP contribution in [0.5, 0.6) is 0 Å². The van der Waals surface area contributed by atoms with Crippen LogP contribution >= 0.6 is 0 Å². The summed E-state index contributed by atoms with van der Waals surface area (Å²) in [7, 11) is 0. The Balaban J connectivity index is 1.63. The SMILES string of the molecule is c1ccc(-c2ccc(N(c3ccccc3)c3ccccc3)c3oc4ccc5ccccc5c4c23)cc1. The molecule has 0 N–H and O–H groups in total. The lowest BCUT2D eigenvalue weighted by Gasteiger charge is -2.25. The maximum atomic E-state index is 6.74. The van der Waals surface area contributed by atoms with Crippen LogP contribution in [0.15, 0.2) is 144 Å². The molecule has 0 amide bonds. The average Bonchev–Trinajstić information content (AvgIpc) is 3.36. The Morgan fingerprint density at radius 2 is 1.08 bits per heavy atom. The zero-order chi connectivity index (χ0) is 23.9. The molecular formula is C34H23NO. The van der Waals surface area contributed by atoms with E-state index in [-0.39, 0.29) is 0 Å². The van der Waals surface area contributed by atoms with Gasteiger partial charge >= 0.3 is 0 Å². The van der Waals surface area contributed by atoms with Crippen molar-refractivity contribution in [3.8, 4) is 11.1 Å². The highest BCUT2D eigenvalue weighted by Crippen LogP contribution is 2.47. The molecule has 0 unspecified atom stereocenters. The molecule has 0 atom stereocenters. The molecule has 0 aliphatic heterocycles. The first-order chi connectivity index (χ1) is 17.9. The van der Waals surface area contributed by atoms with Gasteiger partial charge in [0.05, 0.1) is 5.69 Å². The zero-order valence-corrected chi connectivity index (χ0v) is 19.6. The van der Waals surface area contributed by atoms with Crippen molar-refractivity contribution in [1.29, 1.82) is 0 Å². The molecule has 2 heteroatoms. The number of nitrogens with zero attached hydrogens (tertiary/aromatic N) is 1. The van der Waals surface area contributed by atoms with Crippen molar-refractivity contribution >= 4 is 49.8 Å². The van der Waals surface area contributed by atoms with Gasteiger partial charge in [-0.1, -0.05) is 103 Å². The van der Waals surface area contributed by atoms with Crippen LogP contribution in [0.3, 0.4) is 0 Å². The summed E-state index contributed by atoms with van der Waals surface area (Å²) in [5.41, 5.74) is 7.32. The number of rotatable bonds is 4. The first kappa shape index (κ1) is 20.5. The highest BCUT2D eigenvalue weighted by atomic mass is 16.3. The van der Waals surface area contributed by atoms with Crippen molar-refractivity contribution in [2.45, 2.75) is 0 Å². The maximum Gasteiger partial charge on any atom is 0.160 e. The lowest BCUT2D eigenvalue weighted by Crippen LogP contribution is -2.10. The summed E-state index contributed by atoms with van der Waals surface area (Å²) in [6.45, 7) is 0. The van der Waals surface area contributed by atoms with Crippen molar-refractivity contribution in [3.05, 3.63) is 140 Å². The van der Waals surface area contributed by atoms with Crippen molar-refractivity contribution < 1.29 is 4.42 Å². The van der Waals surface area contributed by atoms with Gasteiger partial charge in [0.25, 0.3) is 0 Å². The Morgan fingerprint density at radius 3 is 1.78 bits per heavy atom. The van der Waals surface area contributed by atoms with Gasteiger partial charge in [0.15, 0.2) is 5.58 Å². The van der Waals surface area contributed by atoms with Gasteiger partial charge in [-0.2, -0.15) is 0 Å². The monoisotopic (exact) mass is 461 g/mol. The fourth-order valence-electron chi connectivity index (χ4n) is 5.24. The third-order valence-electron chi connectivity index (χ3n) is 6.84. The molecule has 0 saturated carbocycles. The van der Waals surface area contributed by atoms with E-state index in [0.29, 0.717) is 0 Å². The zero-order valence-electron chi connectivity index (χ0n) is 19.6. The molecule has 7 aromatic rings. The molecule has 6 aromatic carbocycles. The van der Waals surface area contributed by atoms with Gasteiger partial charge in [-0.3, -0.25) is 0 Å². The number of para-hydroxylation sites is 2. The summed E-state index contributed by atoms with van der Waals surface area (Å²) in [6, 6.07) is 48.8. The minimum Gasteiger partial charge on any atom is -0.454 e. The largest absolute Gasteiger partial charge is 0.454 e. The number of benzene rings is 6. The van der Waals surface area contributed by atoms with E-state index in [0.717, 1.165) is 39.0 Å². The summed E-state index contributed by atoms with van der Waals surface area (Å²) in [5, 5.41) is 4.71. The van der Waals surface area contributed by atoms with Gasteiger partial charge in [-0.25, -0.2) is 0 Å². The Bertz CT molecular complexity index is 1780. The van der Waals surface area contributed by atoms with E-state index in [9.17, 15) is 0 Å². The molecule has 1 heterocycles. The van der Waals surface area contributed by atoms with Gasteiger partial charge in [0.1, 0.15) is 5.58 Å². The van der Waals surface area contributed by atoms with Gasteiger partial charge in [-0.05, 0) is 58.3 Å². The third kappa shape index (κ3) is 3.27. The highest BCUT2D eigenvalue weighted by Gasteiger charge is 2.22. The van der Waals surface area contributed by atoms with Gasteiger partial charge in [0, 0.05) is 22.1 Å². The van der Waals surface area contributed by atoms with E-state index in [1.54, 1.807) is 0 Å². The second-order valence-electron chi connectivity index (χ2n) is 8.97. The number of hydrogen-bond donors (Lipinski definition) is 0. The second-order valence-corrected chi connectivity index (χ2v) is 8.97. The van der Waals surface area contributed by atoms with Crippen molar-refractivity contribution in [3.63, 3.8) is 0 Å². The minimum atomic E-state index is 0.885. The van der Waals surface area contributed by atoms with Crippen LogP contribution in [0.1, 0.15) is 0 Å². The van der Waals surface area contributed by atoms with E-state index in [1.165, 1.54) is 21.9 Å². The third-order valence-corrected chi connectivity index (χ3v) is 6.84. The van der Waals surface area contributed by atoms with Crippen LogP contribution in [-0.4, -0.2) is 0 Å². The number of fused-ring (bicyclic) bond motifs is 5. The second kappa shape index (κ2) is 8.44. The highest BCUT2D eigenvalue weighted by molar-refractivity contribution is 6.25. The maximum absolute atomic E-state index is 6.74. The smallest absolute Gasteiger partial charge is 0.160 e. The number of furan rings is 1. The van der Waals surface area contributed by atoms with E-state index >= 15 is 0 Å². The van der Waals surface area contributed by atoms with Gasteiger partial charge in [-0.15, -0.1) is 0 Å². The standard InChI is InChI=1S/C34H23NO/c1-4-12-24(13-5-1)29-21-22-30(35(26-15-6-2-7-16-26)27-17-8-3-9-18-27)34-33(29)32-28-19-11-10-14-25(28)20-23-31(32)36-34/h1-23H. The van der Waals surface area contributed by atoms with E-state index < -0.39 is 0 Å². The molecule has 170 valence electrons. The summed E-state index contributed by atoms with van der Waals surface area (Å²) in [5.74, 6) is 0. The van der Waals surface area contributed by atoms with Crippen molar-refractivity contribution in [2.75, 3.05) is 4.90 Å². The molecule has 36 heavy (non-hydrogen) atoms. The summed E-state index contributed by atoms with van der Waals surface area (Å²) < 4.78 is 6.74. The van der Waals surface area contributed by atoms with Crippen LogP contribution in [0.2, 0.25) is 0 Å². The molecule has 1 aromatic heterocycles. The van der Waals surface area contributed by atoms with E-state index in [4.69, 9.17) is 4.42 Å². The van der Waals surface area contributed by atoms with Crippen molar-refractivity contribution in [1.82, 2.24) is 0 Å². The summed E-state index contributed by atoms with van der Waals surface area (Å²) >= 11 is 0. The first-order valence-corrected chi connectivity index (χ1v) is 12.2. The van der Waals surface area contributed by atoms with Crippen LogP contribution in [-0.2, 0) is 0 Å². The predicted octanol–water partition coefficient (Wildman–Crippen LogP) is 9.88. The summed E-state index contributed by atoms with van der Waals surface area (Å²) in [6.07, 6.45) is 0. The Hall–Kier alpha value is -4.82. The topological polar surface area (TPSA) is 16.4 Å². The average molecular weight is 462 g/mol. The predicted molar refractivity (Wildman–Crippen MR) is 151 cm³/mol. The Labute approximate surface area is 209 Å². The number of anilines is 3. The number of hydrogen-bond acceptors (Lipinski definition) is 2. The Kier molecular flexibility index (Phi) is 4.82. The first-order valence-electron chi connectivity index (χ1n) is 12.2. The molecule has 0 spiro atoms. The summed E-state index contributed by atoms with van der Waals surface area (Å²) in [4.78, 5) is 2.28. The molecule has 0 aliphatic carbocycles. The molecule has 7 rings (SSSR count). The van der Waals surface area contributed by atoms with E-state index in [1.807, 2.05) is 12.1 Å². The molecule has 0 saturated heterocycles. The van der Waals surface area contributed by atoms with Crippen LogP contribution in [0, 0.1) is 0 Å².